The van der Waals surface area contributed by atoms with E-state index in [1.807, 2.05) is 0 Å². The number of nitrogens with one attached hydrogen (secondary N) is 1. The van der Waals surface area contributed by atoms with Crippen LogP contribution in [0.3, 0.4) is 0 Å². The molecule has 2 heterocycles. The normalized spacial score (nSPS) is 25.6. The number of esters is 4. The maximum Gasteiger partial charge on any atom is 0.303 e. The minimum absolute atomic E-state index is 0.0291. The van der Waals surface area contributed by atoms with Crippen LogP contribution in [0.1, 0.15) is 71.7 Å². The highest BCUT2D eigenvalue weighted by Gasteiger charge is 2.53. The Morgan fingerprint density at radius 3 is 2.11 bits per heavy atom. The zero-order valence-electron chi connectivity index (χ0n) is 21.9. The Bertz CT molecular complexity index is 1020. The molecule has 2 aliphatic rings. The van der Waals surface area contributed by atoms with E-state index in [1.54, 1.807) is 0 Å². The monoisotopic (exact) mass is 538 g/mol. The first-order valence-electron chi connectivity index (χ1n) is 12.5. The van der Waals surface area contributed by atoms with E-state index in [-0.39, 0.29) is 25.0 Å². The lowest BCUT2D eigenvalue weighted by Gasteiger charge is -2.44. The Morgan fingerprint density at radius 2 is 1.50 bits per heavy atom. The summed E-state index contributed by atoms with van der Waals surface area (Å²) in [5.74, 6) is -2.87. The standard InChI is InChI=1S/C24H34N4O10/c1-13(29)34-12-19-20(35-14(2)30)21(36-15(3)31)22(37-16(4)32)24(38-19)28-11-18(26-27-28)10-25-23(33)17-8-6-5-7-9-17/h11,17,19-22,24H,5-10,12H2,1-4H3,(H,25,33)/t19-,20-,21+,22-,24-/m1/s1. The van der Waals surface area contributed by atoms with E-state index >= 15 is 0 Å². The second kappa shape index (κ2) is 13.3. The third-order valence-corrected chi connectivity index (χ3v) is 6.20. The molecule has 1 aromatic rings. The van der Waals surface area contributed by atoms with Crippen LogP contribution in [0.25, 0.3) is 0 Å². The van der Waals surface area contributed by atoms with Crippen LogP contribution < -0.4 is 5.32 Å². The van der Waals surface area contributed by atoms with Gasteiger partial charge in [-0.1, -0.05) is 24.5 Å². The first kappa shape index (κ1) is 29.0. The molecule has 3 rings (SSSR count). The van der Waals surface area contributed by atoms with Crippen molar-refractivity contribution < 1.29 is 47.7 Å². The quantitative estimate of drug-likeness (QED) is 0.345. The average molecular weight is 539 g/mol. The number of ether oxygens (including phenoxy) is 5. The first-order chi connectivity index (χ1) is 18.0. The number of rotatable bonds is 9. The zero-order chi connectivity index (χ0) is 27.8. The fraction of sp³-hybridized carbons (Fsp3) is 0.708. The van der Waals surface area contributed by atoms with Gasteiger partial charge in [-0.15, -0.1) is 5.10 Å². The molecule has 1 aromatic heterocycles. The summed E-state index contributed by atoms with van der Waals surface area (Å²) in [5, 5.41) is 11.0. The maximum atomic E-state index is 12.5. The molecule has 5 atom stereocenters. The fourth-order valence-corrected chi connectivity index (χ4v) is 4.62. The topological polar surface area (TPSA) is 174 Å². The molecule has 210 valence electrons. The van der Waals surface area contributed by atoms with E-state index in [2.05, 4.69) is 15.6 Å². The summed E-state index contributed by atoms with van der Waals surface area (Å²) in [4.78, 5) is 59.8. The SMILES string of the molecule is CC(=O)OC[C@H]1O[C@@H](n2cc(CNC(=O)C3CCCCC3)nn2)[C@H](OC(C)=O)[C@@H](OC(C)=O)[C@@H]1OC(C)=O. The number of carbonyl (C=O) groups excluding carboxylic acids is 5. The Morgan fingerprint density at radius 1 is 0.895 bits per heavy atom. The van der Waals surface area contributed by atoms with Crippen molar-refractivity contribution in [1.29, 1.82) is 0 Å². The number of nitrogens with zero attached hydrogens (tertiary/aromatic N) is 3. The minimum Gasteiger partial charge on any atom is -0.463 e. The Labute approximate surface area is 219 Å². The highest BCUT2D eigenvalue weighted by Crippen LogP contribution is 2.34. The Kier molecular flexibility index (Phi) is 10.2. The van der Waals surface area contributed by atoms with Gasteiger partial charge in [-0.25, -0.2) is 4.68 Å². The van der Waals surface area contributed by atoms with E-state index in [9.17, 15) is 24.0 Å². The van der Waals surface area contributed by atoms with Crippen LogP contribution in [0, 0.1) is 5.92 Å². The molecule has 0 radical (unpaired) electrons. The van der Waals surface area contributed by atoms with E-state index in [0.717, 1.165) is 52.9 Å². The fourth-order valence-electron chi connectivity index (χ4n) is 4.62. The Hall–Kier alpha value is -3.55. The van der Waals surface area contributed by atoms with Crippen molar-refractivity contribution >= 4 is 29.8 Å². The number of aromatic nitrogens is 3. The van der Waals surface area contributed by atoms with Crippen LogP contribution in [-0.4, -0.2) is 75.8 Å². The lowest BCUT2D eigenvalue weighted by Crippen LogP contribution is -2.60. The van der Waals surface area contributed by atoms with Gasteiger partial charge in [-0.2, -0.15) is 0 Å². The highest BCUT2D eigenvalue weighted by atomic mass is 16.7. The summed E-state index contributed by atoms with van der Waals surface area (Å²) >= 11 is 0. The van der Waals surface area contributed by atoms with Gasteiger partial charge in [-0.05, 0) is 12.8 Å². The predicted octanol–water partition coefficient (Wildman–Crippen LogP) is 0.730. The van der Waals surface area contributed by atoms with Crippen molar-refractivity contribution in [2.24, 2.45) is 5.92 Å². The van der Waals surface area contributed by atoms with E-state index in [1.165, 1.54) is 17.8 Å². The van der Waals surface area contributed by atoms with E-state index < -0.39 is 54.5 Å². The van der Waals surface area contributed by atoms with Gasteiger partial charge in [0.1, 0.15) is 18.4 Å². The van der Waals surface area contributed by atoms with Crippen LogP contribution in [0.15, 0.2) is 6.20 Å². The zero-order valence-corrected chi connectivity index (χ0v) is 21.9. The van der Waals surface area contributed by atoms with Crippen LogP contribution in [-0.2, 0) is 54.2 Å². The van der Waals surface area contributed by atoms with Gasteiger partial charge in [0.15, 0.2) is 24.5 Å². The van der Waals surface area contributed by atoms with Crippen molar-refractivity contribution in [3.63, 3.8) is 0 Å². The highest BCUT2D eigenvalue weighted by molar-refractivity contribution is 5.78. The summed E-state index contributed by atoms with van der Waals surface area (Å²) < 4.78 is 28.6. The maximum absolute atomic E-state index is 12.5. The van der Waals surface area contributed by atoms with E-state index in [0.29, 0.717) is 5.69 Å². The first-order valence-corrected chi connectivity index (χ1v) is 12.5. The van der Waals surface area contributed by atoms with Crippen molar-refractivity contribution in [2.45, 2.75) is 97.0 Å². The Balaban J connectivity index is 1.86. The molecule has 1 N–H and O–H groups in total. The number of amides is 1. The molecule has 1 amide bonds. The third kappa shape index (κ3) is 7.97. The van der Waals surface area contributed by atoms with Crippen LogP contribution in [0.5, 0.6) is 0 Å². The molecule has 1 saturated carbocycles. The molecule has 0 bridgehead atoms. The summed E-state index contributed by atoms with van der Waals surface area (Å²) in [7, 11) is 0. The van der Waals surface area contributed by atoms with Crippen molar-refractivity contribution in [1.82, 2.24) is 20.3 Å². The lowest BCUT2D eigenvalue weighted by molar-refractivity contribution is -0.270. The van der Waals surface area contributed by atoms with Gasteiger partial charge in [0, 0.05) is 33.6 Å². The van der Waals surface area contributed by atoms with Crippen molar-refractivity contribution in [2.75, 3.05) is 6.61 Å². The summed E-state index contributed by atoms with van der Waals surface area (Å²) in [6.07, 6.45) is 0.165. The molecule has 1 saturated heterocycles. The van der Waals surface area contributed by atoms with Gasteiger partial charge in [0.25, 0.3) is 0 Å². The molecule has 0 unspecified atom stereocenters. The predicted molar refractivity (Wildman–Crippen MR) is 126 cm³/mol. The van der Waals surface area contributed by atoms with Gasteiger partial charge in [0.2, 0.25) is 5.91 Å². The minimum atomic E-state index is -1.32. The molecule has 14 nitrogen and oxygen atoms in total. The second-order valence-corrected chi connectivity index (χ2v) is 9.33. The third-order valence-electron chi connectivity index (χ3n) is 6.20. The van der Waals surface area contributed by atoms with E-state index in [4.69, 9.17) is 23.7 Å². The molecule has 38 heavy (non-hydrogen) atoms. The number of hydrogen-bond donors (Lipinski definition) is 1. The molecule has 1 aliphatic heterocycles. The summed E-state index contributed by atoms with van der Waals surface area (Å²) in [6.45, 7) is 4.39. The largest absolute Gasteiger partial charge is 0.463 e. The number of carbonyl (C=O) groups is 5. The molecule has 14 heteroatoms. The lowest BCUT2D eigenvalue weighted by atomic mass is 9.89. The van der Waals surface area contributed by atoms with Crippen LogP contribution in [0.2, 0.25) is 0 Å². The van der Waals surface area contributed by atoms with Gasteiger partial charge in [-0.3, -0.25) is 24.0 Å². The smallest absolute Gasteiger partial charge is 0.303 e. The van der Waals surface area contributed by atoms with Gasteiger partial charge >= 0.3 is 23.9 Å². The molecular weight excluding hydrogens is 504 g/mol. The van der Waals surface area contributed by atoms with Gasteiger partial charge in [0.05, 0.1) is 12.7 Å². The summed E-state index contributed by atoms with van der Waals surface area (Å²) in [6, 6.07) is 0. The van der Waals surface area contributed by atoms with Crippen molar-refractivity contribution in [3.8, 4) is 0 Å². The van der Waals surface area contributed by atoms with Crippen LogP contribution in [0.4, 0.5) is 0 Å². The summed E-state index contributed by atoms with van der Waals surface area (Å²) in [5.41, 5.74) is 0.405. The van der Waals surface area contributed by atoms with Gasteiger partial charge < -0.3 is 29.0 Å². The average Bonchev–Trinajstić information content (AvgIpc) is 3.32. The molecule has 2 fully saturated rings. The molecular formula is C24H34N4O10. The number of hydrogen-bond acceptors (Lipinski definition) is 12. The second-order valence-electron chi connectivity index (χ2n) is 9.33. The van der Waals surface area contributed by atoms with Crippen molar-refractivity contribution in [3.05, 3.63) is 11.9 Å². The van der Waals surface area contributed by atoms with Crippen LogP contribution >= 0.6 is 0 Å². The molecule has 1 aliphatic carbocycles. The molecule has 0 aromatic carbocycles. The molecule has 0 spiro atoms.